The van der Waals surface area contributed by atoms with Gasteiger partial charge in [0.1, 0.15) is 6.04 Å². The van der Waals surface area contributed by atoms with Crippen LogP contribution in [0, 0.1) is 5.92 Å². The molecule has 0 radical (unpaired) electrons. The Bertz CT molecular complexity index is 440. The number of nitrogens with zero attached hydrogens (tertiary/aromatic N) is 3. The zero-order valence-corrected chi connectivity index (χ0v) is 13.8. The number of esters is 1. The number of hydrogen-bond acceptors (Lipinski definition) is 4. The van der Waals surface area contributed by atoms with Crippen molar-refractivity contribution in [2.24, 2.45) is 5.92 Å². The van der Waals surface area contributed by atoms with Crippen molar-refractivity contribution in [2.75, 3.05) is 33.8 Å². The van der Waals surface area contributed by atoms with E-state index in [0.29, 0.717) is 6.54 Å². The number of methoxy groups -OCH3 is 1. The molecule has 1 aliphatic rings. The first-order valence-corrected chi connectivity index (χ1v) is 7.29. The fourth-order valence-corrected chi connectivity index (χ4v) is 2.74. The lowest BCUT2D eigenvalue weighted by atomic mass is 10.0. The second-order valence-corrected chi connectivity index (χ2v) is 5.88. The number of carbonyl (C=O) groups is 3. The molecule has 1 heterocycles. The summed E-state index contributed by atoms with van der Waals surface area (Å²) < 4.78 is 4.77. The van der Waals surface area contributed by atoms with Crippen LogP contribution in [-0.4, -0.2) is 83.8 Å². The molecule has 1 aliphatic heterocycles. The van der Waals surface area contributed by atoms with Gasteiger partial charge in [0.25, 0.3) is 0 Å². The lowest BCUT2D eigenvalue weighted by Crippen LogP contribution is -2.60. The van der Waals surface area contributed by atoms with Crippen LogP contribution < -0.4 is 0 Å². The summed E-state index contributed by atoms with van der Waals surface area (Å²) in [4.78, 5) is 39.8. The van der Waals surface area contributed by atoms with Crippen molar-refractivity contribution in [3.63, 3.8) is 0 Å². The van der Waals surface area contributed by atoms with Gasteiger partial charge < -0.3 is 24.5 Å². The molecule has 1 saturated heterocycles. The molecule has 0 aromatic rings. The van der Waals surface area contributed by atoms with Gasteiger partial charge >= 0.3 is 18.1 Å². The van der Waals surface area contributed by atoms with E-state index in [1.807, 2.05) is 13.8 Å². The molecule has 22 heavy (non-hydrogen) atoms. The third-order valence-corrected chi connectivity index (χ3v) is 3.94. The molecule has 0 aromatic carbocycles. The standard InChI is InChI=1S/C14H25N3O5/c1-9(2)11(12(18)22-5)15(4)13(19)17-7-6-16(14(20)21)8-10(17)3/h9-11H,6-8H2,1-5H3,(H,20,21). The second kappa shape index (κ2) is 7.33. The number of piperazine rings is 1. The zero-order valence-electron chi connectivity index (χ0n) is 13.8. The molecule has 0 aliphatic carbocycles. The van der Waals surface area contributed by atoms with Gasteiger partial charge in [-0.1, -0.05) is 13.8 Å². The van der Waals surface area contributed by atoms with Crippen LogP contribution in [0.4, 0.5) is 9.59 Å². The van der Waals surface area contributed by atoms with Crippen LogP contribution in [0.25, 0.3) is 0 Å². The maximum atomic E-state index is 12.6. The Kier molecular flexibility index (Phi) is 6.01. The molecule has 126 valence electrons. The van der Waals surface area contributed by atoms with Gasteiger partial charge in [-0.05, 0) is 12.8 Å². The molecule has 8 nitrogen and oxygen atoms in total. The minimum Gasteiger partial charge on any atom is -0.467 e. The minimum absolute atomic E-state index is 0.0861. The summed E-state index contributed by atoms with van der Waals surface area (Å²) in [5, 5.41) is 9.01. The van der Waals surface area contributed by atoms with Crippen molar-refractivity contribution >= 4 is 18.1 Å². The highest BCUT2D eigenvalue weighted by Crippen LogP contribution is 2.17. The minimum atomic E-state index is -0.984. The summed E-state index contributed by atoms with van der Waals surface area (Å²) in [6.45, 7) is 6.32. The summed E-state index contributed by atoms with van der Waals surface area (Å²) in [6, 6.07) is -1.20. The van der Waals surface area contributed by atoms with Crippen LogP contribution >= 0.6 is 0 Å². The monoisotopic (exact) mass is 315 g/mol. The predicted octanol–water partition coefficient (Wildman–Crippen LogP) is 0.920. The molecule has 2 atom stereocenters. The number of likely N-dealkylation sites (N-methyl/N-ethyl adjacent to an activating group) is 1. The molecular formula is C14H25N3O5. The maximum absolute atomic E-state index is 12.6. The predicted molar refractivity (Wildman–Crippen MR) is 79.6 cm³/mol. The SMILES string of the molecule is COC(=O)C(C(C)C)N(C)C(=O)N1CCN(C(=O)O)CC1C. The molecule has 0 bridgehead atoms. The molecular weight excluding hydrogens is 290 g/mol. The fraction of sp³-hybridized carbons (Fsp3) is 0.786. The van der Waals surface area contributed by atoms with Gasteiger partial charge in [-0.25, -0.2) is 14.4 Å². The summed E-state index contributed by atoms with van der Waals surface area (Å²) in [6.07, 6.45) is -0.984. The van der Waals surface area contributed by atoms with Gasteiger partial charge in [-0.2, -0.15) is 0 Å². The lowest BCUT2D eigenvalue weighted by molar-refractivity contribution is -0.147. The molecule has 1 N–H and O–H groups in total. The van der Waals surface area contributed by atoms with Gasteiger partial charge in [-0.15, -0.1) is 0 Å². The average Bonchev–Trinajstić information content (AvgIpc) is 2.45. The molecule has 0 spiro atoms. The average molecular weight is 315 g/mol. The highest BCUT2D eigenvalue weighted by molar-refractivity contribution is 5.84. The van der Waals surface area contributed by atoms with Gasteiger partial charge in [0.2, 0.25) is 0 Å². The Morgan fingerprint density at radius 2 is 1.86 bits per heavy atom. The number of rotatable bonds is 3. The summed E-state index contributed by atoms with van der Waals surface area (Å²) in [5.74, 6) is -0.542. The van der Waals surface area contributed by atoms with Crippen molar-refractivity contribution in [2.45, 2.75) is 32.9 Å². The number of carbonyl (C=O) groups excluding carboxylic acids is 2. The van der Waals surface area contributed by atoms with E-state index in [1.54, 1.807) is 18.9 Å². The Labute approximate surface area is 130 Å². The number of hydrogen-bond donors (Lipinski definition) is 1. The molecule has 1 rings (SSSR count). The summed E-state index contributed by atoms with van der Waals surface area (Å²) in [5.41, 5.74) is 0. The molecule has 0 saturated carbocycles. The van der Waals surface area contributed by atoms with Crippen LogP contribution in [-0.2, 0) is 9.53 Å². The van der Waals surface area contributed by atoms with E-state index in [4.69, 9.17) is 9.84 Å². The number of amides is 3. The van der Waals surface area contributed by atoms with Gasteiger partial charge in [-0.3, -0.25) is 0 Å². The third-order valence-electron chi connectivity index (χ3n) is 3.94. The Hall–Kier alpha value is -1.99. The lowest BCUT2D eigenvalue weighted by Gasteiger charge is -2.41. The van der Waals surface area contributed by atoms with Crippen molar-refractivity contribution in [3.8, 4) is 0 Å². The normalized spacial score (nSPS) is 19.8. The van der Waals surface area contributed by atoms with Crippen molar-refractivity contribution < 1.29 is 24.2 Å². The first-order valence-electron chi connectivity index (χ1n) is 7.29. The van der Waals surface area contributed by atoms with Crippen LogP contribution in [0.15, 0.2) is 0 Å². The Balaban J connectivity index is 2.82. The van der Waals surface area contributed by atoms with Crippen molar-refractivity contribution in [3.05, 3.63) is 0 Å². The van der Waals surface area contributed by atoms with E-state index in [1.165, 1.54) is 16.9 Å². The molecule has 2 unspecified atom stereocenters. The Morgan fingerprint density at radius 1 is 1.27 bits per heavy atom. The zero-order chi connectivity index (χ0) is 17.0. The molecule has 0 aromatic heterocycles. The first kappa shape index (κ1) is 18.1. The maximum Gasteiger partial charge on any atom is 0.407 e. The topological polar surface area (TPSA) is 90.4 Å². The Morgan fingerprint density at radius 3 is 2.27 bits per heavy atom. The van der Waals surface area contributed by atoms with E-state index >= 15 is 0 Å². The van der Waals surface area contributed by atoms with E-state index in [0.717, 1.165) is 0 Å². The molecule has 8 heteroatoms. The number of ether oxygens (including phenoxy) is 1. The van der Waals surface area contributed by atoms with Crippen LogP contribution in [0.3, 0.4) is 0 Å². The van der Waals surface area contributed by atoms with Gasteiger partial charge in [0.05, 0.1) is 7.11 Å². The summed E-state index contributed by atoms with van der Waals surface area (Å²) >= 11 is 0. The van der Waals surface area contributed by atoms with Crippen LogP contribution in [0.1, 0.15) is 20.8 Å². The van der Waals surface area contributed by atoms with Crippen LogP contribution in [0.5, 0.6) is 0 Å². The van der Waals surface area contributed by atoms with E-state index in [9.17, 15) is 14.4 Å². The second-order valence-electron chi connectivity index (χ2n) is 5.88. The first-order chi connectivity index (χ1) is 10.2. The number of urea groups is 1. The van der Waals surface area contributed by atoms with E-state index in [2.05, 4.69) is 0 Å². The fourth-order valence-electron chi connectivity index (χ4n) is 2.74. The molecule has 3 amide bonds. The van der Waals surface area contributed by atoms with Crippen LogP contribution in [0.2, 0.25) is 0 Å². The van der Waals surface area contributed by atoms with E-state index in [-0.39, 0.29) is 31.1 Å². The van der Waals surface area contributed by atoms with Gasteiger partial charge in [0, 0.05) is 32.7 Å². The van der Waals surface area contributed by atoms with Crippen molar-refractivity contribution in [1.82, 2.24) is 14.7 Å². The van der Waals surface area contributed by atoms with Crippen molar-refractivity contribution in [1.29, 1.82) is 0 Å². The third kappa shape index (κ3) is 3.80. The van der Waals surface area contributed by atoms with Gasteiger partial charge in [0.15, 0.2) is 0 Å². The quantitative estimate of drug-likeness (QED) is 0.782. The molecule has 1 fully saturated rings. The smallest absolute Gasteiger partial charge is 0.407 e. The summed E-state index contributed by atoms with van der Waals surface area (Å²) in [7, 11) is 2.87. The highest BCUT2D eigenvalue weighted by Gasteiger charge is 2.36. The van der Waals surface area contributed by atoms with E-state index < -0.39 is 18.1 Å². The number of carboxylic acid groups (broad SMARTS) is 1. The largest absolute Gasteiger partial charge is 0.467 e. The highest BCUT2D eigenvalue weighted by atomic mass is 16.5.